The number of rotatable bonds is 3. The van der Waals surface area contributed by atoms with Crippen molar-refractivity contribution >= 4 is 53.9 Å². The van der Waals surface area contributed by atoms with Gasteiger partial charge in [-0.3, -0.25) is 0 Å². The lowest BCUT2D eigenvalue weighted by Gasteiger charge is -2.22. The highest BCUT2D eigenvalue weighted by Gasteiger charge is 2.22. The third-order valence-electron chi connectivity index (χ3n) is 10.8. The highest BCUT2D eigenvalue weighted by Crippen LogP contribution is 2.48. The maximum Gasteiger partial charge on any atom is 0.136 e. The lowest BCUT2D eigenvalue weighted by atomic mass is 9.88. The Bertz CT molecular complexity index is 3060. The maximum absolute atomic E-state index is 9.74. The van der Waals surface area contributed by atoms with Crippen LogP contribution in [0.4, 0.5) is 0 Å². The summed E-state index contributed by atoms with van der Waals surface area (Å²) < 4.78 is 6.36. The lowest BCUT2D eigenvalue weighted by Crippen LogP contribution is -1.98. The van der Waals surface area contributed by atoms with Crippen molar-refractivity contribution in [3.05, 3.63) is 169 Å². The van der Waals surface area contributed by atoms with Gasteiger partial charge < -0.3 is 4.74 Å². The first kappa shape index (κ1) is 27.9. The first-order chi connectivity index (χ1) is 25.2. The third-order valence-corrected chi connectivity index (χ3v) is 10.8. The molecule has 10 aromatic carbocycles. The Balaban J connectivity index is 0.995. The van der Waals surface area contributed by atoms with Crippen LogP contribution in [0.1, 0.15) is 5.56 Å². The number of hydrogen-bond donors (Lipinski definition) is 0. The smallest absolute Gasteiger partial charge is 0.136 e. The average Bonchev–Trinajstić information content (AvgIpc) is 3.19. The van der Waals surface area contributed by atoms with Crippen LogP contribution in [-0.4, -0.2) is 0 Å². The fraction of sp³-hybridized carbons (Fsp3) is 0. The van der Waals surface area contributed by atoms with Gasteiger partial charge in [0.15, 0.2) is 0 Å². The van der Waals surface area contributed by atoms with E-state index in [4.69, 9.17) is 4.74 Å². The molecule has 0 amide bonds. The Morgan fingerprint density at radius 1 is 0.353 bits per heavy atom. The number of ether oxygens (including phenoxy) is 1. The molecule has 234 valence electrons. The summed E-state index contributed by atoms with van der Waals surface area (Å²) in [5, 5.41) is 21.8. The van der Waals surface area contributed by atoms with Crippen molar-refractivity contribution in [1.29, 1.82) is 5.26 Å². The number of nitriles is 1. The molecule has 0 unspecified atom stereocenters. The summed E-state index contributed by atoms with van der Waals surface area (Å²) >= 11 is 0. The van der Waals surface area contributed by atoms with E-state index < -0.39 is 0 Å². The van der Waals surface area contributed by atoms with E-state index in [1.807, 2.05) is 24.3 Å². The van der Waals surface area contributed by atoms with Crippen molar-refractivity contribution in [3.8, 4) is 62.1 Å². The van der Waals surface area contributed by atoms with E-state index in [-0.39, 0.29) is 0 Å². The Hall–Kier alpha value is -6.95. The SMILES string of the molecule is N#Cc1ccc2c3c(cccc13)-c1cc(-c3cccc(-c4cc5ccc6cc(-c7ccc8ccccc8c7)cc7ccc(c4)c5c67)c3)ccc1O2. The molecule has 10 aromatic rings. The normalized spacial score (nSPS) is 12.1. The minimum atomic E-state index is 0.658. The summed E-state index contributed by atoms with van der Waals surface area (Å²) in [5.41, 5.74) is 9.91. The van der Waals surface area contributed by atoms with Gasteiger partial charge in [-0.05, 0) is 143 Å². The van der Waals surface area contributed by atoms with Crippen LogP contribution >= 0.6 is 0 Å². The second-order valence-electron chi connectivity index (χ2n) is 13.6. The van der Waals surface area contributed by atoms with Crippen LogP contribution in [0.5, 0.6) is 11.5 Å². The number of hydrogen-bond acceptors (Lipinski definition) is 2. The summed E-state index contributed by atoms with van der Waals surface area (Å²) in [5.74, 6) is 1.62. The highest BCUT2D eigenvalue weighted by atomic mass is 16.5. The quantitative estimate of drug-likeness (QED) is 0.179. The van der Waals surface area contributed by atoms with Gasteiger partial charge in [0.2, 0.25) is 0 Å². The lowest BCUT2D eigenvalue weighted by molar-refractivity contribution is 0.487. The van der Waals surface area contributed by atoms with Gasteiger partial charge in [0.05, 0.1) is 11.6 Å². The van der Waals surface area contributed by atoms with E-state index >= 15 is 0 Å². The zero-order valence-corrected chi connectivity index (χ0v) is 27.4. The molecule has 1 aliphatic rings. The molecule has 1 aliphatic heterocycles. The van der Waals surface area contributed by atoms with E-state index in [0.717, 1.165) is 44.5 Å². The van der Waals surface area contributed by atoms with Gasteiger partial charge in [0.1, 0.15) is 11.5 Å². The molecule has 0 N–H and O–H groups in total. The molecular weight excluding hydrogens is 619 g/mol. The minimum absolute atomic E-state index is 0.658. The van der Waals surface area contributed by atoms with Gasteiger partial charge in [-0.15, -0.1) is 0 Å². The van der Waals surface area contributed by atoms with Crippen molar-refractivity contribution < 1.29 is 4.74 Å². The molecular formula is C49H27NO. The van der Waals surface area contributed by atoms with Gasteiger partial charge in [0.25, 0.3) is 0 Å². The van der Waals surface area contributed by atoms with E-state index in [2.05, 4.69) is 146 Å². The molecule has 51 heavy (non-hydrogen) atoms. The number of benzene rings is 10. The molecule has 1 heterocycles. The van der Waals surface area contributed by atoms with E-state index in [9.17, 15) is 5.26 Å². The van der Waals surface area contributed by atoms with Gasteiger partial charge in [-0.2, -0.15) is 5.26 Å². The zero-order chi connectivity index (χ0) is 33.6. The van der Waals surface area contributed by atoms with Crippen LogP contribution in [0.25, 0.3) is 98.4 Å². The molecule has 0 radical (unpaired) electrons. The van der Waals surface area contributed by atoms with Crippen LogP contribution < -0.4 is 4.74 Å². The molecule has 0 aromatic heterocycles. The first-order valence-corrected chi connectivity index (χ1v) is 17.3. The van der Waals surface area contributed by atoms with Crippen molar-refractivity contribution in [2.24, 2.45) is 0 Å². The molecule has 0 saturated carbocycles. The van der Waals surface area contributed by atoms with Gasteiger partial charge in [-0.1, -0.05) is 103 Å². The fourth-order valence-electron chi connectivity index (χ4n) is 8.33. The summed E-state index contributed by atoms with van der Waals surface area (Å²) in [6.07, 6.45) is 0. The third kappa shape index (κ3) is 4.22. The number of nitrogens with zero attached hydrogens (tertiary/aromatic N) is 1. The Morgan fingerprint density at radius 3 is 1.61 bits per heavy atom. The van der Waals surface area contributed by atoms with Crippen LogP contribution in [0.2, 0.25) is 0 Å². The monoisotopic (exact) mass is 645 g/mol. The minimum Gasteiger partial charge on any atom is -0.456 e. The van der Waals surface area contributed by atoms with Crippen molar-refractivity contribution in [2.45, 2.75) is 0 Å². The van der Waals surface area contributed by atoms with Crippen LogP contribution in [0, 0.1) is 11.3 Å². The Kier molecular flexibility index (Phi) is 5.77. The topological polar surface area (TPSA) is 33.0 Å². The molecule has 11 rings (SSSR count). The summed E-state index contributed by atoms with van der Waals surface area (Å²) in [7, 11) is 0. The van der Waals surface area contributed by atoms with Crippen molar-refractivity contribution in [1.82, 2.24) is 0 Å². The van der Waals surface area contributed by atoms with Crippen LogP contribution in [0.3, 0.4) is 0 Å². The fourth-order valence-corrected chi connectivity index (χ4v) is 8.33. The molecule has 0 spiro atoms. The molecule has 0 atom stereocenters. The van der Waals surface area contributed by atoms with E-state index in [1.165, 1.54) is 65.3 Å². The molecule has 0 fully saturated rings. The van der Waals surface area contributed by atoms with Gasteiger partial charge in [0, 0.05) is 16.3 Å². The second-order valence-corrected chi connectivity index (χ2v) is 13.6. The second kappa shape index (κ2) is 10.5. The van der Waals surface area contributed by atoms with Crippen LogP contribution in [-0.2, 0) is 0 Å². The maximum atomic E-state index is 9.74. The summed E-state index contributed by atoms with van der Waals surface area (Å²) in [6.45, 7) is 0. The summed E-state index contributed by atoms with van der Waals surface area (Å²) in [6, 6.07) is 61.3. The predicted molar refractivity (Wildman–Crippen MR) is 212 cm³/mol. The predicted octanol–water partition coefficient (Wildman–Crippen LogP) is 13.5. The van der Waals surface area contributed by atoms with Crippen molar-refractivity contribution in [3.63, 3.8) is 0 Å². The standard InChI is InChI=1S/C49H27NO/c50-28-39-18-20-46-49-42(39)9-4-10-43(49)44-27-34(17-19-45(44)51-46)31-7-3-8-32(22-31)40-23-35-13-15-37-25-41(26-38-16-14-36(24-40)47(35)48(37)38)33-12-11-29-5-1-2-6-30(29)21-33/h1-27H. The molecule has 0 saturated heterocycles. The zero-order valence-electron chi connectivity index (χ0n) is 27.4. The molecule has 2 heteroatoms. The van der Waals surface area contributed by atoms with Gasteiger partial charge in [-0.25, -0.2) is 0 Å². The molecule has 2 nitrogen and oxygen atoms in total. The Morgan fingerprint density at radius 2 is 0.902 bits per heavy atom. The van der Waals surface area contributed by atoms with E-state index in [1.54, 1.807) is 0 Å². The average molecular weight is 646 g/mol. The molecule has 0 aliphatic carbocycles. The molecule has 0 bridgehead atoms. The Labute approximate surface area is 294 Å². The van der Waals surface area contributed by atoms with E-state index in [0.29, 0.717) is 5.56 Å². The van der Waals surface area contributed by atoms with Crippen LogP contribution in [0.15, 0.2) is 164 Å². The van der Waals surface area contributed by atoms with Crippen molar-refractivity contribution in [2.75, 3.05) is 0 Å². The first-order valence-electron chi connectivity index (χ1n) is 17.3. The number of fused-ring (bicyclic) bond motifs is 3. The summed E-state index contributed by atoms with van der Waals surface area (Å²) in [4.78, 5) is 0. The largest absolute Gasteiger partial charge is 0.456 e. The highest BCUT2D eigenvalue weighted by molar-refractivity contribution is 6.24. The van der Waals surface area contributed by atoms with Gasteiger partial charge >= 0.3 is 0 Å².